The first kappa shape index (κ1) is 19.8. The van der Waals surface area contributed by atoms with Crippen molar-refractivity contribution in [2.75, 3.05) is 21.9 Å². The minimum absolute atomic E-state index is 0.116. The van der Waals surface area contributed by atoms with Crippen LogP contribution in [-0.4, -0.2) is 32.3 Å². The molecular weight excluding hydrogens is 396 g/mol. The van der Waals surface area contributed by atoms with E-state index in [-0.39, 0.29) is 12.3 Å². The number of ether oxygens (including phenoxy) is 1. The lowest BCUT2D eigenvalue weighted by Gasteiger charge is -2.18. The van der Waals surface area contributed by atoms with Gasteiger partial charge in [0.1, 0.15) is 0 Å². The third-order valence-corrected chi connectivity index (χ3v) is 6.04. The van der Waals surface area contributed by atoms with Crippen LogP contribution in [0.2, 0.25) is 0 Å². The molecule has 0 bridgehead atoms. The molecule has 0 atom stereocenters. The first-order chi connectivity index (χ1) is 13.3. The second-order valence-corrected chi connectivity index (χ2v) is 8.10. The van der Waals surface area contributed by atoms with E-state index >= 15 is 0 Å². The smallest absolute Gasteiger partial charge is 0.387 e. The van der Waals surface area contributed by atoms with E-state index < -0.39 is 33.0 Å². The van der Waals surface area contributed by atoms with E-state index in [4.69, 9.17) is 0 Å². The third-order valence-electron chi connectivity index (χ3n) is 4.17. The molecule has 2 aromatic carbocycles. The fourth-order valence-electron chi connectivity index (χ4n) is 2.92. The molecule has 2 aromatic rings. The highest BCUT2D eigenvalue weighted by Gasteiger charge is 2.28. The van der Waals surface area contributed by atoms with E-state index in [2.05, 4.69) is 10.1 Å². The fourth-order valence-corrected chi connectivity index (χ4v) is 4.48. The SMILES string of the molecule is O=[N+]([O-])c1ccc(NCc2cccc(N3CCCS3(=O)=O)c2)cc1OC(F)F. The van der Waals surface area contributed by atoms with Gasteiger partial charge in [0, 0.05) is 30.9 Å². The van der Waals surface area contributed by atoms with Gasteiger partial charge in [-0.1, -0.05) is 12.1 Å². The van der Waals surface area contributed by atoms with Crippen molar-refractivity contribution in [1.82, 2.24) is 0 Å². The number of nitro benzene ring substituents is 1. The molecule has 3 rings (SSSR count). The molecule has 1 saturated heterocycles. The van der Waals surface area contributed by atoms with E-state index in [1.165, 1.54) is 10.4 Å². The van der Waals surface area contributed by atoms with Crippen molar-refractivity contribution in [3.8, 4) is 5.75 Å². The van der Waals surface area contributed by atoms with Gasteiger partial charge in [-0.3, -0.25) is 14.4 Å². The molecule has 1 aliphatic rings. The van der Waals surface area contributed by atoms with Crippen molar-refractivity contribution in [1.29, 1.82) is 0 Å². The molecule has 0 saturated carbocycles. The summed E-state index contributed by atoms with van der Waals surface area (Å²) >= 11 is 0. The average Bonchev–Trinajstić information content (AvgIpc) is 2.99. The maximum Gasteiger partial charge on any atom is 0.387 e. The Bertz CT molecular complexity index is 985. The molecule has 28 heavy (non-hydrogen) atoms. The number of nitrogens with zero attached hydrogens (tertiary/aromatic N) is 2. The number of nitro groups is 1. The first-order valence-corrected chi connectivity index (χ1v) is 9.94. The number of alkyl halides is 2. The summed E-state index contributed by atoms with van der Waals surface area (Å²) in [7, 11) is -3.29. The van der Waals surface area contributed by atoms with Gasteiger partial charge in [-0.15, -0.1) is 0 Å². The van der Waals surface area contributed by atoms with E-state index in [0.29, 0.717) is 24.3 Å². The Labute approximate surface area is 159 Å². The Morgan fingerprint density at radius 3 is 2.68 bits per heavy atom. The summed E-state index contributed by atoms with van der Waals surface area (Å²) in [5, 5.41) is 13.9. The summed E-state index contributed by atoms with van der Waals surface area (Å²) < 4.78 is 54.6. The van der Waals surface area contributed by atoms with Gasteiger partial charge in [0.25, 0.3) is 0 Å². The summed E-state index contributed by atoms with van der Waals surface area (Å²) in [6.45, 7) is -2.50. The van der Waals surface area contributed by atoms with E-state index in [1.807, 2.05) is 0 Å². The minimum atomic E-state index is -3.29. The molecule has 8 nitrogen and oxygen atoms in total. The van der Waals surface area contributed by atoms with Crippen LogP contribution in [0.25, 0.3) is 0 Å². The molecule has 1 fully saturated rings. The summed E-state index contributed by atoms with van der Waals surface area (Å²) in [5.41, 5.74) is 1.10. The maximum atomic E-state index is 12.5. The van der Waals surface area contributed by atoms with Gasteiger partial charge < -0.3 is 10.1 Å². The molecule has 0 radical (unpaired) electrons. The molecule has 0 amide bonds. The molecule has 0 unspecified atom stereocenters. The zero-order chi connectivity index (χ0) is 20.3. The molecular formula is C17H17F2N3O5S. The van der Waals surface area contributed by atoms with Gasteiger partial charge in [0.2, 0.25) is 15.8 Å². The van der Waals surface area contributed by atoms with Crippen molar-refractivity contribution in [3.05, 3.63) is 58.1 Å². The van der Waals surface area contributed by atoms with Gasteiger partial charge in [0.05, 0.1) is 16.4 Å². The quantitative estimate of drug-likeness (QED) is 0.552. The van der Waals surface area contributed by atoms with Crippen LogP contribution >= 0.6 is 0 Å². The van der Waals surface area contributed by atoms with Crippen LogP contribution < -0.4 is 14.4 Å². The summed E-state index contributed by atoms with van der Waals surface area (Å²) in [6, 6.07) is 10.5. The second kappa shape index (κ2) is 7.97. The van der Waals surface area contributed by atoms with E-state index in [1.54, 1.807) is 24.3 Å². The molecule has 1 heterocycles. The lowest BCUT2D eigenvalue weighted by molar-refractivity contribution is -0.386. The van der Waals surface area contributed by atoms with Crippen molar-refractivity contribution < 1.29 is 26.9 Å². The Balaban J connectivity index is 1.75. The number of hydrogen-bond donors (Lipinski definition) is 1. The van der Waals surface area contributed by atoms with Crippen LogP contribution in [0.4, 0.5) is 25.8 Å². The Morgan fingerprint density at radius 1 is 1.25 bits per heavy atom. The zero-order valence-electron chi connectivity index (χ0n) is 14.5. The Hall–Kier alpha value is -2.95. The predicted octanol–water partition coefficient (Wildman–Crippen LogP) is 3.35. The van der Waals surface area contributed by atoms with Crippen LogP contribution in [0.3, 0.4) is 0 Å². The van der Waals surface area contributed by atoms with Crippen molar-refractivity contribution in [2.45, 2.75) is 19.6 Å². The first-order valence-electron chi connectivity index (χ1n) is 8.33. The van der Waals surface area contributed by atoms with E-state index in [9.17, 15) is 27.3 Å². The highest BCUT2D eigenvalue weighted by molar-refractivity contribution is 7.93. The summed E-state index contributed by atoms with van der Waals surface area (Å²) in [6.07, 6.45) is 0.570. The lowest BCUT2D eigenvalue weighted by Crippen LogP contribution is -2.25. The number of hydrogen-bond acceptors (Lipinski definition) is 6. The van der Waals surface area contributed by atoms with E-state index in [0.717, 1.165) is 17.7 Å². The summed E-state index contributed by atoms with van der Waals surface area (Å²) in [4.78, 5) is 10.1. The van der Waals surface area contributed by atoms with Gasteiger partial charge >= 0.3 is 12.3 Å². The molecule has 1 N–H and O–H groups in total. The molecule has 150 valence electrons. The van der Waals surface area contributed by atoms with Gasteiger partial charge in [0.15, 0.2) is 0 Å². The van der Waals surface area contributed by atoms with Crippen LogP contribution in [0, 0.1) is 10.1 Å². The maximum absolute atomic E-state index is 12.5. The average molecular weight is 413 g/mol. The van der Waals surface area contributed by atoms with Crippen LogP contribution in [0.15, 0.2) is 42.5 Å². The van der Waals surface area contributed by atoms with Crippen molar-refractivity contribution >= 4 is 27.1 Å². The van der Waals surface area contributed by atoms with Gasteiger partial charge in [-0.05, 0) is 30.2 Å². The third kappa shape index (κ3) is 4.47. The Kier molecular flexibility index (Phi) is 5.63. The van der Waals surface area contributed by atoms with Crippen molar-refractivity contribution in [2.24, 2.45) is 0 Å². The second-order valence-electron chi connectivity index (χ2n) is 6.08. The van der Waals surface area contributed by atoms with Gasteiger partial charge in [-0.25, -0.2) is 8.42 Å². The molecule has 0 aliphatic carbocycles. The molecule has 1 aliphatic heterocycles. The minimum Gasteiger partial charge on any atom is -0.427 e. The molecule has 0 aromatic heterocycles. The Morgan fingerprint density at radius 2 is 2.04 bits per heavy atom. The lowest BCUT2D eigenvalue weighted by atomic mass is 10.2. The molecule has 11 heteroatoms. The number of anilines is 2. The largest absolute Gasteiger partial charge is 0.427 e. The monoisotopic (exact) mass is 413 g/mol. The normalized spacial score (nSPS) is 15.6. The number of nitrogens with one attached hydrogen (secondary N) is 1. The highest BCUT2D eigenvalue weighted by Crippen LogP contribution is 2.32. The number of rotatable bonds is 7. The van der Waals surface area contributed by atoms with Gasteiger partial charge in [-0.2, -0.15) is 8.78 Å². The molecule has 0 spiro atoms. The zero-order valence-corrected chi connectivity index (χ0v) is 15.4. The predicted molar refractivity (Wildman–Crippen MR) is 99.2 cm³/mol. The standard InChI is InChI=1S/C17H17F2N3O5S/c18-17(19)27-16-10-13(5-6-15(16)22(23)24)20-11-12-3-1-4-14(9-12)21-7-2-8-28(21,25)26/h1,3-6,9-10,17,20H,2,7-8,11H2. The number of sulfonamides is 1. The van der Waals surface area contributed by atoms with Crippen LogP contribution in [-0.2, 0) is 16.6 Å². The van der Waals surface area contributed by atoms with Crippen molar-refractivity contribution in [3.63, 3.8) is 0 Å². The highest BCUT2D eigenvalue weighted by atomic mass is 32.2. The topological polar surface area (TPSA) is 102 Å². The van der Waals surface area contributed by atoms with Crippen LogP contribution in [0.5, 0.6) is 5.75 Å². The summed E-state index contributed by atoms with van der Waals surface area (Å²) in [5.74, 6) is -0.424. The van der Waals surface area contributed by atoms with Crippen LogP contribution in [0.1, 0.15) is 12.0 Å². The fraction of sp³-hybridized carbons (Fsp3) is 0.294. The number of halogens is 2. The number of benzene rings is 2.